The first-order valence-electron chi connectivity index (χ1n) is 9.06. The largest absolute Gasteiger partial charge is 0.423 e. The van der Waals surface area contributed by atoms with Gasteiger partial charge in [-0.25, -0.2) is 4.79 Å². The molecule has 0 spiro atoms. The van der Waals surface area contributed by atoms with Gasteiger partial charge in [0.2, 0.25) is 0 Å². The molecule has 1 aliphatic heterocycles. The summed E-state index contributed by atoms with van der Waals surface area (Å²) < 4.78 is 5.44. The minimum atomic E-state index is -0.274. The fraction of sp³-hybridized carbons (Fsp3) is 0.227. The van der Waals surface area contributed by atoms with Crippen LogP contribution < -0.4 is 5.63 Å². The first-order valence-corrected chi connectivity index (χ1v) is 10.8. The molecule has 0 aliphatic carbocycles. The molecule has 0 saturated heterocycles. The molecule has 1 aromatic carbocycles. The predicted octanol–water partition coefficient (Wildman–Crippen LogP) is 5.37. The highest BCUT2D eigenvalue weighted by molar-refractivity contribution is 7.10. The van der Waals surface area contributed by atoms with Crippen molar-refractivity contribution in [1.29, 1.82) is 0 Å². The van der Waals surface area contributed by atoms with Gasteiger partial charge in [0, 0.05) is 34.3 Å². The van der Waals surface area contributed by atoms with Crippen molar-refractivity contribution in [2.75, 3.05) is 6.54 Å². The first kappa shape index (κ1) is 16.9. The van der Waals surface area contributed by atoms with Crippen molar-refractivity contribution in [2.24, 2.45) is 0 Å². The van der Waals surface area contributed by atoms with Gasteiger partial charge in [-0.1, -0.05) is 18.2 Å². The molecule has 5 rings (SSSR count). The summed E-state index contributed by atoms with van der Waals surface area (Å²) in [6, 6.07) is 14.6. The number of benzene rings is 1. The molecule has 0 saturated carbocycles. The van der Waals surface area contributed by atoms with E-state index in [1.54, 1.807) is 17.4 Å². The van der Waals surface area contributed by atoms with Gasteiger partial charge in [-0.3, -0.25) is 4.90 Å². The number of fused-ring (bicyclic) bond motifs is 2. The van der Waals surface area contributed by atoms with Crippen molar-refractivity contribution in [1.82, 2.24) is 4.90 Å². The first-order chi connectivity index (χ1) is 13.2. The maximum absolute atomic E-state index is 12.1. The number of rotatable bonds is 3. The van der Waals surface area contributed by atoms with Crippen LogP contribution in [0.5, 0.6) is 0 Å². The average molecular weight is 394 g/mol. The minimum Gasteiger partial charge on any atom is -0.423 e. The van der Waals surface area contributed by atoms with Crippen LogP contribution in [-0.2, 0) is 13.0 Å². The Morgan fingerprint density at radius 1 is 1.15 bits per heavy atom. The summed E-state index contributed by atoms with van der Waals surface area (Å²) in [6.07, 6.45) is 1.06. The van der Waals surface area contributed by atoms with Crippen LogP contribution in [0, 0.1) is 6.92 Å². The van der Waals surface area contributed by atoms with E-state index < -0.39 is 0 Å². The highest BCUT2D eigenvalue weighted by atomic mass is 32.1. The molecular formula is C22H19NO2S2. The molecule has 5 heteroatoms. The molecule has 0 fully saturated rings. The summed E-state index contributed by atoms with van der Waals surface area (Å²) >= 11 is 3.66. The Hall–Kier alpha value is -2.21. The molecule has 1 aliphatic rings. The summed E-state index contributed by atoms with van der Waals surface area (Å²) in [6.45, 7) is 3.74. The van der Waals surface area contributed by atoms with Crippen LogP contribution in [0.2, 0.25) is 0 Å². The molecule has 3 nitrogen and oxygen atoms in total. The SMILES string of the molecule is Cc1ccc2c(CN3CCc4sccc4C3c3cccs3)cc(=O)oc2c1. The molecule has 27 heavy (non-hydrogen) atoms. The van der Waals surface area contributed by atoms with E-state index in [2.05, 4.69) is 46.0 Å². The third-order valence-corrected chi connectivity index (χ3v) is 7.16. The van der Waals surface area contributed by atoms with Gasteiger partial charge in [0.1, 0.15) is 5.58 Å². The van der Waals surface area contributed by atoms with E-state index in [0.29, 0.717) is 5.58 Å². The highest BCUT2D eigenvalue weighted by Crippen LogP contribution is 2.40. The topological polar surface area (TPSA) is 33.5 Å². The van der Waals surface area contributed by atoms with Crippen LogP contribution in [0.3, 0.4) is 0 Å². The van der Waals surface area contributed by atoms with Crippen LogP contribution in [0.4, 0.5) is 0 Å². The average Bonchev–Trinajstić information content (AvgIpc) is 3.32. The van der Waals surface area contributed by atoms with Gasteiger partial charge >= 0.3 is 5.63 Å². The Kier molecular flexibility index (Phi) is 4.23. The third kappa shape index (κ3) is 3.06. The molecule has 3 aromatic heterocycles. The smallest absolute Gasteiger partial charge is 0.336 e. The Balaban J connectivity index is 1.59. The normalized spacial score (nSPS) is 17.3. The van der Waals surface area contributed by atoms with Gasteiger partial charge < -0.3 is 4.42 Å². The Morgan fingerprint density at radius 3 is 2.93 bits per heavy atom. The third-order valence-electron chi connectivity index (χ3n) is 5.24. The lowest BCUT2D eigenvalue weighted by atomic mass is 9.97. The van der Waals surface area contributed by atoms with E-state index in [1.165, 1.54) is 15.3 Å². The lowest BCUT2D eigenvalue weighted by molar-refractivity contribution is 0.209. The fourth-order valence-electron chi connectivity index (χ4n) is 4.01. The van der Waals surface area contributed by atoms with Crippen molar-refractivity contribution < 1.29 is 4.42 Å². The monoisotopic (exact) mass is 393 g/mol. The molecule has 0 amide bonds. The molecule has 1 unspecified atom stereocenters. The van der Waals surface area contributed by atoms with Crippen LogP contribution in [-0.4, -0.2) is 11.4 Å². The minimum absolute atomic E-state index is 0.257. The van der Waals surface area contributed by atoms with E-state index in [9.17, 15) is 4.79 Å². The number of hydrogen-bond acceptors (Lipinski definition) is 5. The summed E-state index contributed by atoms with van der Waals surface area (Å²) in [4.78, 5) is 17.5. The molecule has 1 atom stereocenters. The van der Waals surface area contributed by atoms with Crippen LogP contribution >= 0.6 is 22.7 Å². The van der Waals surface area contributed by atoms with E-state index in [4.69, 9.17) is 4.42 Å². The van der Waals surface area contributed by atoms with Gasteiger partial charge in [-0.05, 0) is 59.0 Å². The lowest BCUT2D eigenvalue weighted by Gasteiger charge is -2.35. The summed E-state index contributed by atoms with van der Waals surface area (Å²) in [5, 5.41) is 5.37. The molecule has 0 bridgehead atoms. The fourth-order valence-corrected chi connectivity index (χ4v) is 5.79. The molecular weight excluding hydrogens is 374 g/mol. The van der Waals surface area contributed by atoms with Crippen molar-refractivity contribution in [3.63, 3.8) is 0 Å². The zero-order valence-electron chi connectivity index (χ0n) is 15.0. The van der Waals surface area contributed by atoms with E-state index in [-0.39, 0.29) is 11.7 Å². The zero-order chi connectivity index (χ0) is 18.4. The second-order valence-corrected chi connectivity index (χ2v) is 9.01. The predicted molar refractivity (Wildman–Crippen MR) is 112 cm³/mol. The zero-order valence-corrected chi connectivity index (χ0v) is 16.6. The van der Waals surface area contributed by atoms with E-state index >= 15 is 0 Å². The molecule has 4 aromatic rings. The van der Waals surface area contributed by atoms with Gasteiger partial charge in [-0.2, -0.15) is 0 Å². The molecule has 136 valence electrons. The van der Waals surface area contributed by atoms with Gasteiger partial charge in [0.15, 0.2) is 0 Å². The number of aryl methyl sites for hydroxylation is 1. The molecule has 0 N–H and O–H groups in total. The summed E-state index contributed by atoms with van der Waals surface area (Å²) in [5.74, 6) is 0. The van der Waals surface area contributed by atoms with Crippen molar-refractivity contribution >= 4 is 33.6 Å². The van der Waals surface area contributed by atoms with E-state index in [1.807, 2.05) is 24.3 Å². The van der Waals surface area contributed by atoms with Crippen LogP contribution in [0.15, 0.2) is 62.4 Å². The van der Waals surface area contributed by atoms with Crippen molar-refractivity contribution in [3.05, 3.63) is 90.1 Å². The second-order valence-electron chi connectivity index (χ2n) is 7.03. The number of hydrogen-bond donors (Lipinski definition) is 0. The highest BCUT2D eigenvalue weighted by Gasteiger charge is 2.30. The van der Waals surface area contributed by atoms with E-state index in [0.717, 1.165) is 36.0 Å². The van der Waals surface area contributed by atoms with Crippen LogP contribution in [0.1, 0.15) is 32.5 Å². The van der Waals surface area contributed by atoms with Crippen LogP contribution in [0.25, 0.3) is 11.0 Å². The van der Waals surface area contributed by atoms with Gasteiger partial charge in [-0.15, -0.1) is 22.7 Å². The standard InChI is InChI=1S/C22H19NO2S2/c1-14-4-5-16-15(12-21(24)25-18(16)11-14)13-23-8-6-19-17(7-10-27-19)22(23)20-3-2-9-26-20/h2-5,7,9-12,22H,6,8,13H2,1H3. The maximum Gasteiger partial charge on any atom is 0.336 e. The summed E-state index contributed by atoms with van der Waals surface area (Å²) in [7, 11) is 0. The Bertz CT molecular complexity index is 1160. The summed E-state index contributed by atoms with van der Waals surface area (Å²) in [5.41, 5.74) is 3.96. The second kappa shape index (κ2) is 6.75. The van der Waals surface area contributed by atoms with Gasteiger partial charge in [0.25, 0.3) is 0 Å². The number of thiophene rings is 2. The van der Waals surface area contributed by atoms with Crippen molar-refractivity contribution in [2.45, 2.75) is 25.9 Å². The molecule has 4 heterocycles. The Morgan fingerprint density at radius 2 is 2.07 bits per heavy atom. The number of nitrogens with zero attached hydrogens (tertiary/aromatic N) is 1. The Labute approximate surface area is 165 Å². The maximum atomic E-state index is 12.1. The lowest BCUT2D eigenvalue weighted by Crippen LogP contribution is -2.34. The van der Waals surface area contributed by atoms with Gasteiger partial charge in [0.05, 0.1) is 6.04 Å². The quantitative estimate of drug-likeness (QED) is 0.439. The van der Waals surface area contributed by atoms with Crippen molar-refractivity contribution in [3.8, 4) is 0 Å². The molecule has 0 radical (unpaired) electrons.